The number of para-hydroxylation sites is 1. The largest absolute Gasteiger partial charge is 0.497 e. The molecule has 2 atom stereocenters. The molecule has 6 heteroatoms. The van der Waals surface area contributed by atoms with Crippen LogP contribution in [0.3, 0.4) is 0 Å². The number of carbonyl (C=O) groups excluding carboxylic acids is 2. The molecule has 0 fully saturated rings. The molecule has 3 rings (SSSR count). The molecule has 0 saturated carbocycles. The Labute approximate surface area is 176 Å². The molecular formula is C23H27NO4S. The van der Waals surface area contributed by atoms with Gasteiger partial charge in [-0.25, -0.2) is 0 Å². The van der Waals surface area contributed by atoms with Gasteiger partial charge in [0.05, 0.1) is 18.0 Å². The van der Waals surface area contributed by atoms with E-state index in [1.54, 1.807) is 23.8 Å². The van der Waals surface area contributed by atoms with Crippen molar-refractivity contribution >= 4 is 29.3 Å². The number of ether oxygens (including phenoxy) is 2. The smallest absolute Gasteiger partial charge is 0.303 e. The summed E-state index contributed by atoms with van der Waals surface area (Å²) >= 11 is 1.56. The number of esters is 1. The Morgan fingerprint density at radius 3 is 2.45 bits per heavy atom. The Bertz CT molecular complexity index is 865. The zero-order chi connectivity index (χ0) is 21.0. The van der Waals surface area contributed by atoms with Crippen molar-refractivity contribution in [3.8, 4) is 5.75 Å². The van der Waals surface area contributed by atoms with Gasteiger partial charge in [0, 0.05) is 18.4 Å². The number of thioether (sulfide) groups is 1. The normalized spacial score (nSPS) is 18.9. The van der Waals surface area contributed by atoms with Crippen molar-refractivity contribution in [3.63, 3.8) is 0 Å². The molecule has 2 aromatic carbocycles. The highest BCUT2D eigenvalue weighted by atomic mass is 32.2. The molecule has 29 heavy (non-hydrogen) atoms. The average molecular weight is 414 g/mol. The Balaban J connectivity index is 2.06. The van der Waals surface area contributed by atoms with Crippen LogP contribution in [0, 0.1) is 5.92 Å². The van der Waals surface area contributed by atoms with Gasteiger partial charge in [0.25, 0.3) is 5.91 Å². The zero-order valence-electron chi connectivity index (χ0n) is 17.3. The van der Waals surface area contributed by atoms with Crippen molar-refractivity contribution in [1.82, 2.24) is 0 Å². The van der Waals surface area contributed by atoms with Crippen LogP contribution in [0.5, 0.6) is 5.75 Å². The number of nitrogens with zero attached hydrogens (tertiary/aromatic N) is 1. The number of carbonyl (C=O) groups is 2. The third-order valence-corrected chi connectivity index (χ3v) is 6.23. The van der Waals surface area contributed by atoms with E-state index in [2.05, 4.69) is 13.8 Å². The van der Waals surface area contributed by atoms with Crippen LogP contribution in [0.4, 0.5) is 5.69 Å². The first kappa shape index (κ1) is 21.2. The van der Waals surface area contributed by atoms with Crippen LogP contribution in [-0.2, 0) is 14.3 Å². The fourth-order valence-electron chi connectivity index (χ4n) is 3.33. The number of hydrogen-bond acceptors (Lipinski definition) is 5. The van der Waals surface area contributed by atoms with E-state index in [1.807, 2.05) is 48.5 Å². The predicted molar refractivity (Wildman–Crippen MR) is 115 cm³/mol. The quantitative estimate of drug-likeness (QED) is 0.634. The highest BCUT2D eigenvalue weighted by Gasteiger charge is 2.40. The van der Waals surface area contributed by atoms with Crippen molar-refractivity contribution in [2.45, 2.75) is 43.4 Å². The molecule has 1 aliphatic heterocycles. The van der Waals surface area contributed by atoms with Crippen LogP contribution in [-0.4, -0.2) is 31.6 Å². The number of amides is 1. The summed E-state index contributed by atoms with van der Waals surface area (Å²) < 4.78 is 10.8. The van der Waals surface area contributed by atoms with Crippen molar-refractivity contribution in [2.24, 2.45) is 5.92 Å². The van der Waals surface area contributed by atoms with E-state index in [0.717, 1.165) is 28.3 Å². The lowest BCUT2D eigenvalue weighted by molar-refractivity contribution is -0.152. The lowest BCUT2D eigenvalue weighted by Crippen LogP contribution is -2.43. The summed E-state index contributed by atoms with van der Waals surface area (Å²) in [6.45, 7) is 6.19. The monoisotopic (exact) mass is 413 g/mol. The highest BCUT2D eigenvalue weighted by molar-refractivity contribution is 7.99. The summed E-state index contributed by atoms with van der Waals surface area (Å²) in [6.07, 6.45) is -0.0319. The second kappa shape index (κ2) is 9.35. The average Bonchev–Trinajstić information content (AvgIpc) is 2.81. The molecule has 154 valence electrons. The predicted octanol–water partition coefficient (Wildman–Crippen LogP) is 4.85. The number of hydrogen-bond donors (Lipinski definition) is 0. The Kier molecular flexibility index (Phi) is 6.85. The van der Waals surface area contributed by atoms with Gasteiger partial charge in [-0.05, 0) is 42.2 Å². The molecule has 2 aromatic rings. The summed E-state index contributed by atoms with van der Waals surface area (Å²) in [5, 5.41) is -0.345. The van der Waals surface area contributed by atoms with Gasteiger partial charge in [0.15, 0.2) is 6.10 Å². The Morgan fingerprint density at radius 1 is 1.14 bits per heavy atom. The summed E-state index contributed by atoms with van der Waals surface area (Å²) in [6, 6.07) is 15.4. The molecular weight excluding hydrogens is 386 g/mol. The first-order valence-electron chi connectivity index (χ1n) is 9.79. The standard InChI is InChI=1S/C23H27NO4S/c1-15(2)13-14-24-19-7-5-6-8-20(19)29-22(21(23(24)26)28-16(3)25)17-9-11-18(27-4)12-10-17/h5-12,15,21-22H,13-14H2,1-4H3. The van der Waals surface area contributed by atoms with E-state index < -0.39 is 12.1 Å². The van der Waals surface area contributed by atoms with Gasteiger partial charge in [-0.1, -0.05) is 38.1 Å². The topological polar surface area (TPSA) is 55.8 Å². The SMILES string of the molecule is COc1ccc(C2Sc3ccccc3N(CCC(C)C)C(=O)C2OC(C)=O)cc1. The molecule has 5 nitrogen and oxygen atoms in total. The van der Waals surface area contributed by atoms with E-state index >= 15 is 0 Å². The summed E-state index contributed by atoms with van der Waals surface area (Å²) in [5.74, 6) is 0.550. The number of fused-ring (bicyclic) bond motifs is 1. The van der Waals surface area contributed by atoms with Crippen molar-refractivity contribution in [2.75, 3.05) is 18.6 Å². The van der Waals surface area contributed by atoms with Crippen molar-refractivity contribution in [3.05, 3.63) is 54.1 Å². The molecule has 1 heterocycles. The molecule has 0 bridgehead atoms. The Morgan fingerprint density at radius 2 is 1.83 bits per heavy atom. The molecule has 1 amide bonds. The lowest BCUT2D eigenvalue weighted by atomic mass is 10.0. The molecule has 0 aromatic heterocycles. The van der Waals surface area contributed by atoms with Gasteiger partial charge in [-0.3, -0.25) is 9.59 Å². The molecule has 0 radical (unpaired) electrons. The van der Waals surface area contributed by atoms with E-state index in [1.165, 1.54) is 6.92 Å². The molecule has 2 unspecified atom stereocenters. The molecule has 0 aliphatic carbocycles. The highest BCUT2D eigenvalue weighted by Crippen LogP contribution is 2.47. The van der Waals surface area contributed by atoms with Gasteiger partial charge < -0.3 is 14.4 Å². The van der Waals surface area contributed by atoms with Crippen molar-refractivity contribution in [1.29, 1.82) is 0 Å². The number of rotatable bonds is 6. The van der Waals surface area contributed by atoms with E-state index in [4.69, 9.17) is 9.47 Å². The maximum Gasteiger partial charge on any atom is 0.303 e. The van der Waals surface area contributed by atoms with Crippen LogP contribution in [0.25, 0.3) is 0 Å². The van der Waals surface area contributed by atoms with Crippen LogP contribution in [0.1, 0.15) is 38.0 Å². The number of anilines is 1. The summed E-state index contributed by atoms with van der Waals surface area (Å²) in [4.78, 5) is 28.2. The van der Waals surface area contributed by atoms with Crippen LogP contribution < -0.4 is 9.64 Å². The molecule has 1 aliphatic rings. The van der Waals surface area contributed by atoms with Gasteiger partial charge in [0.1, 0.15) is 5.75 Å². The number of benzene rings is 2. The molecule has 0 spiro atoms. The van der Waals surface area contributed by atoms with Crippen LogP contribution >= 0.6 is 11.8 Å². The van der Waals surface area contributed by atoms with E-state index in [-0.39, 0.29) is 11.2 Å². The fourth-order valence-corrected chi connectivity index (χ4v) is 4.64. The maximum atomic E-state index is 13.6. The summed E-state index contributed by atoms with van der Waals surface area (Å²) in [5.41, 5.74) is 1.78. The minimum atomic E-state index is -0.898. The van der Waals surface area contributed by atoms with Crippen LogP contribution in [0.15, 0.2) is 53.4 Å². The lowest BCUT2D eigenvalue weighted by Gasteiger charge is -2.28. The Hall–Kier alpha value is -2.47. The minimum absolute atomic E-state index is 0.181. The van der Waals surface area contributed by atoms with E-state index in [9.17, 15) is 9.59 Å². The van der Waals surface area contributed by atoms with Crippen LogP contribution in [0.2, 0.25) is 0 Å². The van der Waals surface area contributed by atoms with Gasteiger partial charge in [-0.15, -0.1) is 11.8 Å². The minimum Gasteiger partial charge on any atom is -0.497 e. The second-order valence-electron chi connectivity index (χ2n) is 7.48. The first-order chi connectivity index (χ1) is 13.9. The summed E-state index contributed by atoms with van der Waals surface area (Å²) in [7, 11) is 1.61. The molecule has 0 N–H and O–H groups in total. The third-order valence-electron chi connectivity index (χ3n) is 4.86. The number of methoxy groups -OCH3 is 1. The van der Waals surface area contributed by atoms with Crippen molar-refractivity contribution < 1.29 is 19.1 Å². The van der Waals surface area contributed by atoms with Gasteiger partial charge >= 0.3 is 5.97 Å². The first-order valence-corrected chi connectivity index (χ1v) is 10.7. The second-order valence-corrected chi connectivity index (χ2v) is 8.67. The zero-order valence-corrected chi connectivity index (χ0v) is 18.1. The van der Waals surface area contributed by atoms with E-state index in [0.29, 0.717) is 12.5 Å². The third kappa shape index (κ3) is 4.93. The fraction of sp³-hybridized carbons (Fsp3) is 0.391. The molecule has 0 saturated heterocycles. The van der Waals surface area contributed by atoms with Gasteiger partial charge in [0.2, 0.25) is 0 Å². The maximum absolute atomic E-state index is 13.6. The van der Waals surface area contributed by atoms with Gasteiger partial charge in [-0.2, -0.15) is 0 Å².